The number of nitrogens with one attached hydrogen (secondary N) is 3. The molecule has 15 nitrogen and oxygen atoms in total. The van der Waals surface area contributed by atoms with Gasteiger partial charge in [-0.25, -0.2) is 4.79 Å². The van der Waals surface area contributed by atoms with Gasteiger partial charge < -0.3 is 52.6 Å². The summed E-state index contributed by atoms with van der Waals surface area (Å²) in [7, 11) is 1.44. The van der Waals surface area contributed by atoms with Gasteiger partial charge in [0.05, 0.1) is 0 Å². The summed E-state index contributed by atoms with van der Waals surface area (Å²) < 4.78 is 12.0. The maximum absolute atomic E-state index is 14.2. The van der Waals surface area contributed by atoms with E-state index in [-0.39, 0.29) is 58.0 Å². The number of aliphatic carboxylic acids is 1. The fraction of sp³-hybridized carbons (Fsp3) is 0.553. The summed E-state index contributed by atoms with van der Waals surface area (Å²) in [6, 6.07) is 5.26. The van der Waals surface area contributed by atoms with Crippen LogP contribution in [0.2, 0.25) is 0 Å². The highest BCUT2D eigenvalue weighted by molar-refractivity contribution is 5.96. The molecule has 0 unspecified atom stereocenters. The Kier molecular flexibility index (Phi) is 17.5. The number of hydrogen-bond donors (Lipinski definition) is 7. The molecule has 0 saturated heterocycles. The number of carboxylic acids is 1. The van der Waals surface area contributed by atoms with Crippen molar-refractivity contribution in [2.75, 3.05) is 39.9 Å². The molecule has 0 aliphatic carbocycles. The lowest BCUT2D eigenvalue weighted by Crippen LogP contribution is -2.55. The predicted octanol–water partition coefficient (Wildman–Crippen LogP) is 1.74. The van der Waals surface area contributed by atoms with E-state index in [9.17, 15) is 29.1 Å². The Bertz CT molecular complexity index is 1550. The number of hydrogen-bond acceptors (Lipinski definition) is 10. The molecule has 292 valence electrons. The summed E-state index contributed by atoms with van der Waals surface area (Å²) in [5, 5.41) is 18.0. The Morgan fingerprint density at radius 3 is 2.13 bits per heavy atom. The van der Waals surface area contributed by atoms with E-state index in [2.05, 4.69) is 22.9 Å². The molecule has 0 spiro atoms. The number of rotatable bonds is 19. The molecule has 3 rings (SSSR count). The minimum absolute atomic E-state index is 0.0719. The van der Waals surface area contributed by atoms with Gasteiger partial charge in [0.25, 0.3) is 0 Å². The molecule has 0 radical (unpaired) electrons. The number of fused-ring (bicyclic) bond motifs is 5. The van der Waals surface area contributed by atoms with Gasteiger partial charge in [0.1, 0.15) is 48.9 Å². The molecule has 4 bridgehead atoms. The number of carbonyl (C=O) groups is 5. The number of likely N-dealkylation sites (N-methyl/N-ethyl adjacent to an activating group) is 1. The minimum Gasteiger partial charge on any atom is -0.492 e. The van der Waals surface area contributed by atoms with Crippen LogP contribution in [0, 0.1) is 0 Å². The average molecular weight is 740 g/mol. The van der Waals surface area contributed by atoms with Crippen LogP contribution in [0.5, 0.6) is 11.5 Å². The number of nitrogens with two attached hydrogens (primary N) is 3. The van der Waals surface area contributed by atoms with Gasteiger partial charge in [0, 0.05) is 44.1 Å². The quantitative estimate of drug-likeness (QED) is 0.102. The summed E-state index contributed by atoms with van der Waals surface area (Å²) in [6.45, 7) is 4.43. The van der Waals surface area contributed by atoms with Crippen molar-refractivity contribution in [2.45, 2.75) is 95.8 Å². The number of unbranched alkanes of at least 4 members (excludes halogenated alkanes) is 5. The number of amides is 4. The first kappa shape index (κ1) is 42.7. The normalized spacial score (nSPS) is 17.8. The third kappa shape index (κ3) is 12.4. The Balaban J connectivity index is 2.13. The molecule has 1 heterocycles. The van der Waals surface area contributed by atoms with Gasteiger partial charge in [-0.15, -0.1) is 0 Å². The zero-order valence-corrected chi connectivity index (χ0v) is 31.2. The van der Waals surface area contributed by atoms with Gasteiger partial charge in [-0.3, -0.25) is 19.2 Å². The second-order valence-electron chi connectivity index (χ2n) is 13.3. The Morgan fingerprint density at radius 2 is 1.51 bits per heavy atom. The zero-order valence-electron chi connectivity index (χ0n) is 31.2. The van der Waals surface area contributed by atoms with E-state index < -0.39 is 47.9 Å². The molecule has 0 fully saturated rings. The molecule has 2 aromatic carbocycles. The summed E-state index contributed by atoms with van der Waals surface area (Å²) in [4.78, 5) is 68.1. The number of benzene rings is 2. The van der Waals surface area contributed by atoms with Crippen LogP contribution >= 0.6 is 0 Å². The van der Waals surface area contributed by atoms with Crippen LogP contribution in [-0.4, -0.2) is 97.6 Å². The van der Waals surface area contributed by atoms with Crippen molar-refractivity contribution in [2.24, 2.45) is 17.2 Å². The zero-order chi connectivity index (χ0) is 38.9. The first-order chi connectivity index (χ1) is 25.4. The first-order valence-electron chi connectivity index (χ1n) is 18.5. The van der Waals surface area contributed by atoms with Crippen molar-refractivity contribution in [1.82, 2.24) is 20.9 Å². The highest BCUT2D eigenvalue weighted by Crippen LogP contribution is 2.40. The molecule has 1 aliphatic heterocycles. The predicted molar refractivity (Wildman–Crippen MR) is 201 cm³/mol. The van der Waals surface area contributed by atoms with Crippen LogP contribution in [0.3, 0.4) is 0 Å². The van der Waals surface area contributed by atoms with Crippen molar-refractivity contribution >= 4 is 29.6 Å². The molecule has 4 atom stereocenters. The van der Waals surface area contributed by atoms with Crippen LogP contribution in [0.1, 0.15) is 82.4 Å². The first-order valence-corrected chi connectivity index (χ1v) is 18.5. The molecule has 0 saturated carbocycles. The van der Waals surface area contributed by atoms with Crippen LogP contribution in [0.15, 0.2) is 36.4 Å². The highest BCUT2D eigenvalue weighted by Gasteiger charge is 2.36. The van der Waals surface area contributed by atoms with E-state index >= 15 is 0 Å². The fourth-order valence-corrected chi connectivity index (χ4v) is 6.20. The second kappa shape index (κ2) is 21.7. The standard InChI is InChI=1S/C38H57N7O8/c1-4-5-6-7-8-9-10-33(46)43-29(15-16-39)37(49)45(3)34-26-12-14-32(53-20-18-41)28(23-26)27-21-25(11-13-31(27)52-19-17-40)22-30(38(50)51)44-35(47)24(2)42-36(34)48/h11-14,21,23-24,29-30,34H,4-10,15-20,22,39-41H2,1-3H3,(H,42,48)(H,43,46)(H,44,47)(H,50,51)/t24-,29-,30-,34-/m0/s1. The van der Waals surface area contributed by atoms with E-state index in [1.807, 2.05) is 0 Å². The highest BCUT2D eigenvalue weighted by atomic mass is 16.5. The monoisotopic (exact) mass is 739 g/mol. The molecule has 0 aromatic heterocycles. The topological polar surface area (TPSA) is 241 Å². The molecule has 1 aliphatic rings. The summed E-state index contributed by atoms with van der Waals surface area (Å²) >= 11 is 0. The minimum atomic E-state index is -1.33. The van der Waals surface area contributed by atoms with Crippen LogP contribution < -0.4 is 42.6 Å². The Labute approximate surface area is 311 Å². The van der Waals surface area contributed by atoms with Crippen molar-refractivity contribution < 1.29 is 38.6 Å². The van der Waals surface area contributed by atoms with E-state index in [0.717, 1.165) is 32.1 Å². The van der Waals surface area contributed by atoms with Crippen molar-refractivity contribution in [3.8, 4) is 22.6 Å². The van der Waals surface area contributed by atoms with Gasteiger partial charge in [0.2, 0.25) is 23.6 Å². The van der Waals surface area contributed by atoms with E-state index in [1.54, 1.807) is 36.4 Å². The van der Waals surface area contributed by atoms with Gasteiger partial charge in [-0.2, -0.15) is 0 Å². The smallest absolute Gasteiger partial charge is 0.326 e. The maximum atomic E-state index is 14.2. The second-order valence-corrected chi connectivity index (χ2v) is 13.3. The Morgan fingerprint density at radius 1 is 0.887 bits per heavy atom. The van der Waals surface area contributed by atoms with Crippen molar-refractivity contribution in [3.63, 3.8) is 0 Å². The van der Waals surface area contributed by atoms with E-state index in [1.165, 1.54) is 18.9 Å². The number of carbonyl (C=O) groups excluding carboxylic acids is 4. The molecule has 53 heavy (non-hydrogen) atoms. The van der Waals surface area contributed by atoms with Crippen LogP contribution in [0.4, 0.5) is 0 Å². The van der Waals surface area contributed by atoms with Gasteiger partial charge in [-0.1, -0.05) is 51.2 Å². The summed E-state index contributed by atoms with van der Waals surface area (Å²) in [5.41, 5.74) is 19.3. The average Bonchev–Trinajstić information content (AvgIpc) is 3.13. The summed E-state index contributed by atoms with van der Waals surface area (Å²) in [5.74, 6) is -2.76. The van der Waals surface area contributed by atoms with Gasteiger partial charge in [-0.05, 0) is 61.7 Å². The molecule has 10 N–H and O–H groups in total. The molecule has 15 heteroatoms. The lowest BCUT2D eigenvalue weighted by molar-refractivity contribution is -0.143. The molecular formula is C38H57N7O8. The molecular weight excluding hydrogens is 682 g/mol. The number of ether oxygens (including phenoxy) is 2. The Hall–Kier alpha value is -4.73. The van der Waals surface area contributed by atoms with E-state index in [0.29, 0.717) is 40.2 Å². The fourth-order valence-electron chi connectivity index (χ4n) is 6.20. The third-order valence-electron chi connectivity index (χ3n) is 9.04. The lowest BCUT2D eigenvalue weighted by Gasteiger charge is -2.32. The maximum Gasteiger partial charge on any atom is 0.326 e. The summed E-state index contributed by atoms with van der Waals surface area (Å²) in [6.07, 6.45) is 6.29. The van der Waals surface area contributed by atoms with Crippen molar-refractivity contribution in [1.29, 1.82) is 0 Å². The SMILES string of the molecule is CCCCCCCCC(=O)N[C@@H](CCN)C(=O)N(C)[C@@H]1C(=O)N[C@@H](C)C(=O)N[C@H](C(=O)O)Cc2ccc(OCCN)c(c2)-c2cc1ccc2OCCN. The molecule has 4 amide bonds. The van der Waals surface area contributed by atoms with Gasteiger partial charge in [0.15, 0.2) is 0 Å². The van der Waals surface area contributed by atoms with Gasteiger partial charge >= 0.3 is 5.97 Å². The molecule has 2 aromatic rings. The number of carboxylic acid groups (broad SMARTS) is 1. The van der Waals surface area contributed by atoms with Crippen LogP contribution in [0.25, 0.3) is 11.1 Å². The lowest BCUT2D eigenvalue weighted by atomic mass is 9.93. The largest absolute Gasteiger partial charge is 0.492 e. The third-order valence-corrected chi connectivity index (χ3v) is 9.04. The van der Waals surface area contributed by atoms with Crippen LogP contribution in [-0.2, 0) is 30.4 Å². The van der Waals surface area contributed by atoms with E-state index in [4.69, 9.17) is 26.7 Å². The number of nitrogens with zero attached hydrogens (tertiary/aromatic N) is 1. The van der Waals surface area contributed by atoms with Crippen molar-refractivity contribution in [3.05, 3.63) is 47.5 Å².